The largest absolute Gasteiger partial charge is 0.493 e. The van der Waals surface area contributed by atoms with Crippen LogP contribution < -0.4 is 20.1 Å². The normalized spacial score (nSPS) is 11.6. The zero-order valence-electron chi connectivity index (χ0n) is 19.5. The second kappa shape index (κ2) is 10.4. The van der Waals surface area contributed by atoms with Crippen LogP contribution in [0.15, 0.2) is 65.3 Å². The van der Waals surface area contributed by atoms with Gasteiger partial charge >= 0.3 is 0 Å². The van der Waals surface area contributed by atoms with E-state index < -0.39 is 0 Å². The molecule has 0 fully saturated rings. The number of hydrogen-bond donors (Lipinski definition) is 2. The van der Waals surface area contributed by atoms with E-state index in [9.17, 15) is 4.79 Å². The summed E-state index contributed by atoms with van der Waals surface area (Å²) < 4.78 is 16.6. The van der Waals surface area contributed by atoms with E-state index in [-0.39, 0.29) is 17.7 Å². The summed E-state index contributed by atoms with van der Waals surface area (Å²) in [5.74, 6) is 1.89. The van der Waals surface area contributed by atoms with E-state index in [1.165, 1.54) is 17.6 Å². The van der Waals surface area contributed by atoms with Gasteiger partial charge in [0.05, 0.1) is 26.5 Å². The van der Waals surface area contributed by atoms with Crippen molar-refractivity contribution in [1.29, 1.82) is 0 Å². The van der Waals surface area contributed by atoms with Crippen LogP contribution in [0.4, 0.5) is 10.8 Å². The van der Waals surface area contributed by atoms with Gasteiger partial charge in [-0.3, -0.25) is 4.79 Å². The SMILES string of the molecule is CCc1cc([C@H](Nc2cccc(C)n2)c2cccc(OC)c2OC)c(NC(=O)c2ccco2)s1. The Kier molecular flexibility index (Phi) is 7.18. The second-order valence-electron chi connectivity index (χ2n) is 7.61. The van der Waals surface area contributed by atoms with Crippen LogP contribution in [0.2, 0.25) is 0 Å². The number of carbonyl (C=O) groups is 1. The Bertz CT molecular complexity index is 1270. The maximum Gasteiger partial charge on any atom is 0.291 e. The Morgan fingerprint density at radius 2 is 1.91 bits per heavy atom. The van der Waals surface area contributed by atoms with Crippen LogP contribution in [0.1, 0.15) is 45.2 Å². The first-order valence-corrected chi connectivity index (χ1v) is 11.7. The highest BCUT2D eigenvalue weighted by atomic mass is 32.1. The first kappa shape index (κ1) is 23.4. The molecule has 7 nitrogen and oxygen atoms in total. The number of thiophene rings is 1. The lowest BCUT2D eigenvalue weighted by atomic mass is 9.98. The number of anilines is 2. The Balaban J connectivity index is 1.84. The number of amides is 1. The molecule has 34 heavy (non-hydrogen) atoms. The molecule has 3 aromatic heterocycles. The third-order valence-corrected chi connectivity index (χ3v) is 6.58. The molecule has 176 valence electrons. The van der Waals surface area contributed by atoms with Gasteiger partial charge in [-0.25, -0.2) is 4.98 Å². The number of furan rings is 1. The van der Waals surface area contributed by atoms with Crippen molar-refractivity contribution < 1.29 is 18.7 Å². The summed E-state index contributed by atoms with van der Waals surface area (Å²) in [4.78, 5) is 18.6. The number of aryl methyl sites for hydroxylation is 2. The molecular weight excluding hydrogens is 450 g/mol. The van der Waals surface area contributed by atoms with Crippen molar-refractivity contribution in [1.82, 2.24) is 4.98 Å². The highest BCUT2D eigenvalue weighted by Crippen LogP contribution is 2.43. The van der Waals surface area contributed by atoms with E-state index in [1.54, 1.807) is 26.4 Å². The molecule has 2 N–H and O–H groups in total. The Hall–Kier alpha value is -3.78. The fraction of sp³-hybridized carbons (Fsp3) is 0.231. The first-order valence-electron chi connectivity index (χ1n) is 10.9. The van der Waals surface area contributed by atoms with E-state index in [0.717, 1.165) is 33.1 Å². The fourth-order valence-electron chi connectivity index (χ4n) is 3.75. The molecule has 0 aliphatic heterocycles. The Labute approximate surface area is 202 Å². The van der Waals surface area contributed by atoms with Crippen molar-refractivity contribution in [3.05, 3.63) is 88.3 Å². The van der Waals surface area contributed by atoms with Crippen LogP contribution in [-0.2, 0) is 6.42 Å². The smallest absolute Gasteiger partial charge is 0.291 e. The summed E-state index contributed by atoms with van der Waals surface area (Å²) in [5, 5.41) is 7.31. The number of pyridine rings is 1. The minimum absolute atomic E-state index is 0.251. The van der Waals surface area contributed by atoms with Crippen LogP contribution in [0.3, 0.4) is 0 Å². The molecule has 0 aliphatic rings. The number of methoxy groups -OCH3 is 2. The molecule has 0 saturated heterocycles. The molecular formula is C26H27N3O4S. The zero-order chi connectivity index (χ0) is 24.1. The second-order valence-corrected chi connectivity index (χ2v) is 8.74. The topological polar surface area (TPSA) is 85.6 Å². The summed E-state index contributed by atoms with van der Waals surface area (Å²) in [6.07, 6.45) is 2.32. The Morgan fingerprint density at radius 3 is 2.59 bits per heavy atom. The lowest BCUT2D eigenvalue weighted by Crippen LogP contribution is -2.17. The molecule has 0 aliphatic carbocycles. The molecule has 0 bridgehead atoms. The number of ether oxygens (including phenoxy) is 2. The number of para-hydroxylation sites is 1. The molecule has 4 aromatic rings. The predicted molar refractivity (Wildman–Crippen MR) is 134 cm³/mol. The summed E-state index contributed by atoms with van der Waals surface area (Å²) >= 11 is 1.54. The standard InChI is InChI=1S/C26H27N3O4S/c1-5-17-15-19(26(34-17)29-25(30)21-12-8-14-33-21)23(28-22-13-6-9-16(2)27-22)18-10-7-11-20(31-3)24(18)32-4/h6-15,23H,5H2,1-4H3,(H,27,28)(H,29,30)/t23-/m1/s1. The third-order valence-electron chi connectivity index (χ3n) is 5.37. The number of nitrogens with one attached hydrogen (secondary N) is 2. The van der Waals surface area contributed by atoms with Crippen LogP contribution >= 0.6 is 11.3 Å². The van der Waals surface area contributed by atoms with Crippen LogP contribution in [0.25, 0.3) is 0 Å². The fourth-order valence-corrected chi connectivity index (χ4v) is 4.78. The summed E-state index contributed by atoms with van der Waals surface area (Å²) in [6.45, 7) is 4.03. The van der Waals surface area contributed by atoms with Crippen molar-refractivity contribution in [2.75, 3.05) is 24.9 Å². The van der Waals surface area contributed by atoms with Gasteiger partial charge in [0.2, 0.25) is 0 Å². The number of nitrogens with zero attached hydrogens (tertiary/aromatic N) is 1. The van der Waals surface area contributed by atoms with Crippen molar-refractivity contribution in [2.24, 2.45) is 0 Å². The molecule has 1 aromatic carbocycles. The van der Waals surface area contributed by atoms with Gasteiger partial charge in [-0.05, 0) is 49.7 Å². The van der Waals surface area contributed by atoms with E-state index in [2.05, 4.69) is 28.6 Å². The predicted octanol–water partition coefficient (Wildman–Crippen LogP) is 6.08. The monoisotopic (exact) mass is 477 g/mol. The van der Waals surface area contributed by atoms with Crippen LogP contribution in [0, 0.1) is 6.92 Å². The molecule has 3 heterocycles. The number of hydrogen-bond acceptors (Lipinski definition) is 7. The molecule has 1 atom stereocenters. The summed E-state index contributed by atoms with van der Waals surface area (Å²) in [6, 6.07) is 16.6. The highest BCUT2D eigenvalue weighted by Gasteiger charge is 2.27. The van der Waals surface area contributed by atoms with Gasteiger partial charge < -0.3 is 24.5 Å². The highest BCUT2D eigenvalue weighted by molar-refractivity contribution is 7.16. The van der Waals surface area contributed by atoms with Gasteiger partial charge in [-0.15, -0.1) is 11.3 Å². The number of aromatic nitrogens is 1. The lowest BCUT2D eigenvalue weighted by molar-refractivity contribution is 0.0997. The maximum atomic E-state index is 12.8. The maximum absolute atomic E-state index is 12.8. The van der Waals surface area contributed by atoms with Crippen LogP contribution in [0.5, 0.6) is 11.5 Å². The minimum atomic E-state index is -0.372. The average Bonchev–Trinajstić information content (AvgIpc) is 3.52. The number of benzene rings is 1. The first-order chi connectivity index (χ1) is 16.5. The van der Waals surface area contributed by atoms with E-state index >= 15 is 0 Å². The average molecular weight is 478 g/mol. The van der Waals surface area contributed by atoms with Crippen molar-refractivity contribution in [3.8, 4) is 11.5 Å². The van der Waals surface area contributed by atoms with Crippen molar-refractivity contribution >= 4 is 28.1 Å². The van der Waals surface area contributed by atoms with Crippen molar-refractivity contribution in [3.63, 3.8) is 0 Å². The zero-order valence-corrected chi connectivity index (χ0v) is 20.4. The molecule has 0 saturated carbocycles. The molecule has 1 amide bonds. The van der Waals surface area contributed by atoms with Gasteiger partial charge in [-0.1, -0.05) is 25.1 Å². The van der Waals surface area contributed by atoms with Crippen molar-refractivity contribution in [2.45, 2.75) is 26.3 Å². The van der Waals surface area contributed by atoms with Gasteiger partial charge in [0.25, 0.3) is 5.91 Å². The number of carbonyl (C=O) groups excluding carboxylic acids is 1. The number of rotatable bonds is 9. The van der Waals surface area contributed by atoms with Gasteiger partial charge in [0.15, 0.2) is 17.3 Å². The molecule has 0 radical (unpaired) electrons. The third kappa shape index (κ3) is 4.92. The van der Waals surface area contributed by atoms with Gasteiger partial charge in [0.1, 0.15) is 10.8 Å². The van der Waals surface area contributed by atoms with Crippen LogP contribution in [-0.4, -0.2) is 25.1 Å². The molecule has 4 rings (SSSR count). The van der Waals surface area contributed by atoms with E-state index in [1.807, 2.05) is 43.3 Å². The van der Waals surface area contributed by atoms with Gasteiger partial charge in [0, 0.05) is 21.7 Å². The minimum Gasteiger partial charge on any atom is -0.493 e. The molecule has 0 spiro atoms. The van der Waals surface area contributed by atoms with E-state index in [0.29, 0.717) is 17.3 Å². The van der Waals surface area contributed by atoms with E-state index in [4.69, 9.17) is 13.9 Å². The quantitative estimate of drug-likeness (QED) is 0.304. The lowest BCUT2D eigenvalue weighted by Gasteiger charge is -2.24. The van der Waals surface area contributed by atoms with Gasteiger partial charge in [-0.2, -0.15) is 0 Å². The summed E-state index contributed by atoms with van der Waals surface area (Å²) in [7, 11) is 3.23. The molecule has 0 unspecified atom stereocenters. The molecule has 8 heteroatoms. The summed E-state index contributed by atoms with van der Waals surface area (Å²) in [5.41, 5.74) is 2.66. The Morgan fingerprint density at radius 1 is 1.09 bits per heavy atom.